The van der Waals surface area contributed by atoms with Crippen LogP contribution in [0.15, 0.2) is 30.3 Å². The molecule has 156 valence electrons. The molecule has 0 aliphatic carbocycles. The molecule has 2 aromatic rings. The zero-order valence-corrected chi connectivity index (χ0v) is 15.4. The molecular weight excluding hydrogens is 422 g/mol. The fourth-order valence-corrected chi connectivity index (χ4v) is 2.41. The summed E-state index contributed by atoms with van der Waals surface area (Å²) in [5.74, 6) is -2.00. The number of halogens is 5. The predicted octanol–water partition coefficient (Wildman–Crippen LogP) is 4.39. The maximum absolute atomic E-state index is 13.6. The molecule has 0 aliphatic rings. The summed E-state index contributed by atoms with van der Waals surface area (Å²) in [7, 11) is 0. The van der Waals surface area contributed by atoms with Gasteiger partial charge in [0.15, 0.2) is 0 Å². The molecule has 7 nitrogen and oxygen atoms in total. The smallest absolute Gasteiger partial charge is 0.416 e. The van der Waals surface area contributed by atoms with Crippen molar-refractivity contribution in [1.82, 2.24) is 10.3 Å². The van der Waals surface area contributed by atoms with Gasteiger partial charge in [-0.15, -0.1) is 0 Å². The number of rotatable bonds is 8. The Hall–Kier alpha value is -2.95. The number of nitrogens with one attached hydrogen (secondary N) is 1. The Labute approximate surface area is 166 Å². The fourth-order valence-electron chi connectivity index (χ4n) is 2.21. The third-order valence-electron chi connectivity index (χ3n) is 3.61. The van der Waals surface area contributed by atoms with Crippen molar-refractivity contribution in [2.75, 3.05) is 13.2 Å². The molecule has 1 aromatic heterocycles. The second kappa shape index (κ2) is 9.50. The molecule has 0 saturated heterocycles. The number of hydrogen-bond donors (Lipinski definition) is 1. The van der Waals surface area contributed by atoms with E-state index in [1.165, 1.54) is 0 Å². The molecule has 2 rings (SSSR count). The first-order valence-corrected chi connectivity index (χ1v) is 8.55. The van der Waals surface area contributed by atoms with Crippen LogP contribution in [0, 0.1) is 15.9 Å². The summed E-state index contributed by atoms with van der Waals surface area (Å²) in [6, 6.07) is 4.00. The predicted molar refractivity (Wildman–Crippen MR) is 94.4 cm³/mol. The number of unbranched alkanes of at least 4 members (excludes halogenated alkanes) is 1. The fraction of sp³-hybridized carbons (Fsp3) is 0.294. The van der Waals surface area contributed by atoms with Gasteiger partial charge in [-0.25, -0.2) is 9.37 Å². The second-order valence-electron chi connectivity index (χ2n) is 5.75. The van der Waals surface area contributed by atoms with Gasteiger partial charge < -0.3 is 10.1 Å². The lowest BCUT2D eigenvalue weighted by atomic mass is 10.1. The average Bonchev–Trinajstić information content (AvgIpc) is 2.63. The van der Waals surface area contributed by atoms with Crippen molar-refractivity contribution in [3.05, 3.63) is 62.5 Å². The van der Waals surface area contributed by atoms with E-state index in [1.807, 2.05) is 0 Å². The molecule has 1 N–H and O–H groups in total. The van der Waals surface area contributed by atoms with Gasteiger partial charge in [-0.05, 0) is 25.0 Å². The van der Waals surface area contributed by atoms with Crippen LogP contribution in [-0.4, -0.2) is 29.0 Å². The number of benzene rings is 1. The van der Waals surface area contributed by atoms with Crippen molar-refractivity contribution in [2.24, 2.45) is 0 Å². The molecule has 0 bridgehead atoms. The Kier molecular flexibility index (Phi) is 7.32. The second-order valence-corrected chi connectivity index (χ2v) is 6.13. The number of pyridine rings is 1. The summed E-state index contributed by atoms with van der Waals surface area (Å²) < 4.78 is 56.9. The van der Waals surface area contributed by atoms with Gasteiger partial charge >= 0.3 is 6.18 Å². The molecule has 29 heavy (non-hydrogen) atoms. The third-order valence-corrected chi connectivity index (χ3v) is 3.80. The van der Waals surface area contributed by atoms with E-state index in [0.29, 0.717) is 18.9 Å². The Bertz CT molecular complexity index is 909. The quantitative estimate of drug-likeness (QED) is 0.218. The van der Waals surface area contributed by atoms with Crippen LogP contribution in [0.3, 0.4) is 0 Å². The van der Waals surface area contributed by atoms with E-state index in [0.717, 1.165) is 24.3 Å². The average molecular weight is 436 g/mol. The highest BCUT2D eigenvalue weighted by atomic mass is 35.5. The van der Waals surface area contributed by atoms with Crippen molar-refractivity contribution in [2.45, 2.75) is 19.0 Å². The van der Waals surface area contributed by atoms with Crippen LogP contribution >= 0.6 is 11.6 Å². The number of hydrogen-bond acceptors (Lipinski definition) is 5. The van der Waals surface area contributed by atoms with Gasteiger partial charge in [0.25, 0.3) is 11.6 Å². The molecule has 0 atom stereocenters. The van der Waals surface area contributed by atoms with Crippen molar-refractivity contribution in [3.8, 4) is 5.88 Å². The van der Waals surface area contributed by atoms with Crippen LogP contribution < -0.4 is 10.1 Å². The number of ether oxygens (including phenoxy) is 1. The van der Waals surface area contributed by atoms with Crippen molar-refractivity contribution >= 4 is 23.2 Å². The molecule has 1 heterocycles. The lowest BCUT2D eigenvalue weighted by molar-refractivity contribution is -0.384. The van der Waals surface area contributed by atoms with Crippen molar-refractivity contribution in [3.63, 3.8) is 0 Å². The number of alkyl halides is 3. The molecule has 0 aliphatic heterocycles. The van der Waals surface area contributed by atoms with E-state index in [4.69, 9.17) is 16.3 Å². The lowest BCUT2D eigenvalue weighted by Crippen LogP contribution is -2.25. The Balaban J connectivity index is 1.79. The van der Waals surface area contributed by atoms with Crippen LogP contribution in [0.5, 0.6) is 5.88 Å². The van der Waals surface area contributed by atoms with E-state index in [2.05, 4.69) is 10.3 Å². The van der Waals surface area contributed by atoms with Crippen LogP contribution in [0.1, 0.15) is 28.8 Å². The van der Waals surface area contributed by atoms with Crippen LogP contribution in [-0.2, 0) is 6.18 Å². The molecule has 0 unspecified atom stereocenters. The van der Waals surface area contributed by atoms with Gasteiger partial charge in [0.2, 0.25) is 5.88 Å². The standard InChI is InChI=1S/C17H14ClF4N3O4/c18-14-7-10(17(20,21)22)8-15(24-14)29-6-2-1-5-23-16(26)12-9-11(25(27)28)3-4-13(12)19/h3-4,7-9H,1-2,5-6H2,(H,23,26). The first-order valence-electron chi connectivity index (χ1n) is 8.17. The normalized spacial score (nSPS) is 11.2. The van der Waals surface area contributed by atoms with E-state index in [1.54, 1.807) is 0 Å². The first-order chi connectivity index (χ1) is 13.6. The van der Waals surface area contributed by atoms with Gasteiger partial charge in [0.1, 0.15) is 11.0 Å². The lowest BCUT2D eigenvalue weighted by Gasteiger charge is -2.10. The van der Waals surface area contributed by atoms with Gasteiger partial charge in [0.05, 0.1) is 22.7 Å². The van der Waals surface area contributed by atoms with Gasteiger partial charge in [-0.3, -0.25) is 14.9 Å². The molecule has 1 aromatic carbocycles. The highest BCUT2D eigenvalue weighted by Crippen LogP contribution is 2.32. The van der Waals surface area contributed by atoms with Crippen LogP contribution in [0.25, 0.3) is 0 Å². The summed E-state index contributed by atoms with van der Waals surface area (Å²) in [5, 5.41) is 12.7. The van der Waals surface area contributed by atoms with Gasteiger partial charge in [-0.2, -0.15) is 13.2 Å². The van der Waals surface area contributed by atoms with Gasteiger partial charge in [-0.1, -0.05) is 11.6 Å². The molecule has 1 amide bonds. The summed E-state index contributed by atoms with van der Waals surface area (Å²) in [5.41, 5.74) is -1.87. The molecule has 0 radical (unpaired) electrons. The molecule has 12 heteroatoms. The van der Waals surface area contributed by atoms with E-state index < -0.39 is 39.6 Å². The van der Waals surface area contributed by atoms with Crippen molar-refractivity contribution < 1.29 is 32.0 Å². The summed E-state index contributed by atoms with van der Waals surface area (Å²) in [6.07, 6.45) is -3.89. The number of carbonyl (C=O) groups excluding carboxylic acids is 1. The molecule has 0 spiro atoms. The topological polar surface area (TPSA) is 94.4 Å². The minimum Gasteiger partial charge on any atom is -0.478 e. The minimum atomic E-state index is -4.59. The highest BCUT2D eigenvalue weighted by Gasteiger charge is 2.31. The SMILES string of the molecule is O=C(NCCCCOc1cc(C(F)(F)F)cc(Cl)n1)c1cc([N+](=O)[O-])ccc1F. The molecular formula is C17H14ClF4N3O4. The number of nitro groups is 1. The summed E-state index contributed by atoms with van der Waals surface area (Å²) in [4.78, 5) is 25.5. The number of nitrogens with zero attached hydrogens (tertiary/aromatic N) is 2. The Morgan fingerprint density at radius 1 is 1.24 bits per heavy atom. The summed E-state index contributed by atoms with van der Waals surface area (Å²) >= 11 is 5.54. The minimum absolute atomic E-state index is 0.00563. The van der Waals surface area contributed by atoms with Crippen LogP contribution in [0.4, 0.5) is 23.2 Å². The zero-order chi connectivity index (χ0) is 21.6. The Morgan fingerprint density at radius 2 is 1.97 bits per heavy atom. The Morgan fingerprint density at radius 3 is 2.62 bits per heavy atom. The van der Waals surface area contributed by atoms with Crippen molar-refractivity contribution in [1.29, 1.82) is 0 Å². The largest absolute Gasteiger partial charge is 0.478 e. The van der Waals surface area contributed by atoms with E-state index in [-0.39, 0.29) is 24.2 Å². The van der Waals surface area contributed by atoms with E-state index in [9.17, 15) is 32.5 Å². The first kappa shape index (κ1) is 22.3. The third kappa shape index (κ3) is 6.56. The van der Waals surface area contributed by atoms with Gasteiger partial charge in [0, 0.05) is 24.7 Å². The number of aromatic nitrogens is 1. The number of nitro benzene ring substituents is 1. The number of carbonyl (C=O) groups is 1. The van der Waals surface area contributed by atoms with Crippen LogP contribution in [0.2, 0.25) is 5.15 Å². The van der Waals surface area contributed by atoms with E-state index >= 15 is 0 Å². The maximum Gasteiger partial charge on any atom is 0.416 e. The summed E-state index contributed by atoms with van der Waals surface area (Å²) in [6.45, 7) is 0.104. The molecule has 0 saturated carbocycles. The zero-order valence-electron chi connectivity index (χ0n) is 14.6. The number of amides is 1. The molecule has 0 fully saturated rings. The number of non-ortho nitro benzene ring substituents is 1. The highest BCUT2D eigenvalue weighted by molar-refractivity contribution is 6.29. The maximum atomic E-state index is 13.6. The monoisotopic (exact) mass is 435 g/mol.